The molecule has 0 aliphatic carbocycles. The monoisotopic (exact) mass is 286 g/mol. The number of benzene rings is 1. The summed E-state index contributed by atoms with van der Waals surface area (Å²) in [5, 5.41) is 2.59. The summed E-state index contributed by atoms with van der Waals surface area (Å²) < 4.78 is 39.7. The highest BCUT2D eigenvalue weighted by Crippen LogP contribution is 2.19. The average molecular weight is 286 g/mol. The number of carbonyl (C=O) groups excluding carboxylic acids is 2. The van der Waals surface area contributed by atoms with Crippen LogP contribution in [-0.4, -0.2) is 35.8 Å². The summed E-state index contributed by atoms with van der Waals surface area (Å²) in [5.74, 6) is -5.73. The van der Waals surface area contributed by atoms with Crippen molar-refractivity contribution in [3.05, 3.63) is 35.1 Å². The Morgan fingerprint density at radius 2 is 2.05 bits per heavy atom. The molecule has 1 N–H and O–H groups in total. The molecule has 20 heavy (non-hydrogen) atoms. The fraction of sp³-hybridized carbons (Fsp3) is 0.385. The second-order valence-electron chi connectivity index (χ2n) is 4.44. The van der Waals surface area contributed by atoms with Crippen LogP contribution in [0.4, 0.5) is 13.2 Å². The van der Waals surface area contributed by atoms with Gasteiger partial charge in [0.25, 0.3) is 5.91 Å². The number of hydrogen-bond donors (Lipinski definition) is 1. The van der Waals surface area contributed by atoms with Crippen molar-refractivity contribution in [1.82, 2.24) is 10.2 Å². The summed E-state index contributed by atoms with van der Waals surface area (Å²) in [6.07, 6.45) is 0.350. The summed E-state index contributed by atoms with van der Waals surface area (Å²) >= 11 is 0. The van der Waals surface area contributed by atoms with Crippen LogP contribution in [0.3, 0.4) is 0 Å². The van der Waals surface area contributed by atoms with Crippen LogP contribution in [0.5, 0.6) is 0 Å². The van der Waals surface area contributed by atoms with Gasteiger partial charge in [0.15, 0.2) is 17.5 Å². The number of amides is 2. The highest BCUT2D eigenvalue weighted by Gasteiger charge is 2.33. The van der Waals surface area contributed by atoms with Crippen molar-refractivity contribution in [3.63, 3.8) is 0 Å². The lowest BCUT2D eigenvalue weighted by molar-refractivity contribution is -0.127. The summed E-state index contributed by atoms with van der Waals surface area (Å²) in [6, 6.07) is 0.843. The second kappa shape index (κ2) is 5.52. The first-order valence-electron chi connectivity index (χ1n) is 6.19. The fourth-order valence-electron chi connectivity index (χ4n) is 2.21. The molecule has 0 saturated carbocycles. The summed E-state index contributed by atoms with van der Waals surface area (Å²) in [4.78, 5) is 25.0. The van der Waals surface area contributed by atoms with Crippen LogP contribution in [0.25, 0.3) is 0 Å². The van der Waals surface area contributed by atoms with Crippen molar-refractivity contribution >= 4 is 11.8 Å². The minimum atomic E-state index is -1.69. The van der Waals surface area contributed by atoms with Crippen molar-refractivity contribution in [3.8, 4) is 0 Å². The maximum Gasteiger partial charge on any atom is 0.257 e. The third-order valence-electron chi connectivity index (χ3n) is 3.24. The van der Waals surface area contributed by atoms with E-state index < -0.39 is 35.0 Å². The van der Waals surface area contributed by atoms with Gasteiger partial charge in [-0.3, -0.25) is 9.59 Å². The normalized spacial score (nSPS) is 18.9. The molecule has 2 amide bonds. The lowest BCUT2D eigenvalue weighted by atomic mass is 10.1. The Kier molecular flexibility index (Phi) is 3.96. The molecule has 1 atom stereocenters. The Labute approximate surface area is 113 Å². The average Bonchev–Trinajstić information content (AvgIpc) is 2.44. The quantitative estimate of drug-likeness (QED) is 0.837. The van der Waals surface area contributed by atoms with Crippen molar-refractivity contribution in [2.45, 2.75) is 19.4 Å². The SMILES string of the molecule is CCC1C(=O)NCCN1C(=O)c1ccc(F)c(F)c1F. The summed E-state index contributed by atoms with van der Waals surface area (Å²) in [5.41, 5.74) is -0.572. The zero-order chi connectivity index (χ0) is 14.9. The van der Waals surface area contributed by atoms with Crippen molar-refractivity contribution in [1.29, 1.82) is 0 Å². The molecule has 4 nitrogen and oxygen atoms in total. The maximum atomic E-state index is 13.6. The standard InChI is InChI=1S/C13H13F3N2O2/c1-2-9-12(19)17-5-6-18(9)13(20)7-3-4-8(14)11(16)10(7)15/h3-4,9H,2,5-6H2,1H3,(H,17,19). The molecule has 0 spiro atoms. The van der Waals surface area contributed by atoms with E-state index in [-0.39, 0.29) is 19.0 Å². The Morgan fingerprint density at radius 1 is 1.35 bits per heavy atom. The molecule has 1 unspecified atom stereocenters. The van der Waals surface area contributed by atoms with Gasteiger partial charge in [0.1, 0.15) is 6.04 Å². The molecular formula is C13H13F3N2O2. The molecular weight excluding hydrogens is 273 g/mol. The summed E-state index contributed by atoms with van der Waals surface area (Å²) in [7, 11) is 0. The van der Waals surface area contributed by atoms with Crippen LogP contribution >= 0.6 is 0 Å². The molecule has 7 heteroatoms. The number of piperazine rings is 1. The van der Waals surface area contributed by atoms with E-state index >= 15 is 0 Å². The Morgan fingerprint density at radius 3 is 2.70 bits per heavy atom. The molecule has 1 aliphatic heterocycles. The van der Waals surface area contributed by atoms with E-state index in [1.165, 1.54) is 4.90 Å². The van der Waals surface area contributed by atoms with Gasteiger partial charge in [-0.2, -0.15) is 0 Å². The Balaban J connectivity index is 2.35. The third kappa shape index (κ3) is 2.35. The number of rotatable bonds is 2. The first-order valence-corrected chi connectivity index (χ1v) is 6.19. The minimum absolute atomic E-state index is 0.196. The maximum absolute atomic E-state index is 13.6. The number of halogens is 3. The van der Waals surface area contributed by atoms with Crippen molar-refractivity contribution < 1.29 is 22.8 Å². The van der Waals surface area contributed by atoms with Crippen LogP contribution in [0.15, 0.2) is 12.1 Å². The van der Waals surface area contributed by atoms with E-state index in [4.69, 9.17) is 0 Å². The van der Waals surface area contributed by atoms with E-state index in [0.29, 0.717) is 12.5 Å². The first kappa shape index (κ1) is 14.4. The second-order valence-corrected chi connectivity index (χ2v) is 4.44. The molecule has 108 valence electrons. The minimum Gasteiger partial charge on any atom is -0.353 e. The molecule has 0 radical (unpaired) electrons. The number of hydrogen-bond acceptors (Lipinski definition) is 2. The van der Waals surface area contributed by atoms with Gasteiger partial charge < -0.3 is 10.2 Å². The third-order valence-corrected chi connectivity index (χ3v) is 3.24. The van der Waals surface area contributed by atoms with Gasteiger partial charge in [0.05, 0.1) is 5.56 Å². The number of nitrogens with one attached hydrogen (secondary N) is 1. The van der Waals surface area contributed by atoms with Gasteiger partial charge in [0, 0.05) is 13.1 Å². The molecule has 0 aromatic heterocycles. The van der Waals surface area contributed by atoms with Crippen LogP contribution in [0, 0.1) is 17.5 Å². The molecule has 1 aromatic carbocycles. The van der Waals surface area contributed by atoms with Crippen LogP contribution in [-0.2, 0) is 4.79 Å². The Bertz CT molecular complexity index is 563. The van der Waals surface area contributed by atoms with Crippen molar-refractivity contribution in [2.75, 3.05) is 13.1 Å². The van der Waals surface area contributed by atoms with Gasteiger partial charge in [-0.05, 0) is 18.6 Å². The molecule has 1 saturated heterocycles. The van der Waals surface area contributed by atoms with E-state index in [9.17, 15) is 22.8 Å². The number of nitrogens with zero attached hydrogens (tertiary/aromatic N) is 1. The fourth-order valence-corrected chi connectivity index (χ4v) is 2.21. The highest BCUT2D eigenvalue weighted by atomic mass is 19.2. The predicted octanol–water partition coefficient (Wildman–Crippen LogP) is 1.45. The molecule has 1 aliphatic rings. The largest absolute Gasteiger partial charge is 0.353 e. The van der Waals surface area contributed by atoms with Gasteiger partial charge >= 0.3 is 0 Å². The topological polar surface area (TPSA) is 49.4 Å². The zero-order valence-electron chi connectivity index (χ0n) is 10.8. The highest BCUT2D eigenvalue weighted by molar-refractivity contribution is 5.98. The zero-order valence-corrected chi connectivity index (χ0v) is 10.8. The van der Waals surface area contributed by atoms with Crippen LogP contribution < -0.4 is 5.32 Å². The first-order chi connectivity index (χ1) is 9.47. The molecule has 1 heterocycles. The predicted molar refractivity (Wildman–Crippen MR) is 64.4 cm³/mol. The smallest absolute Gasteiger partial charge is 0.257 e. The van der Waals surface area contributed by atoms with Gasteiger partial charge in [-0.1, -0.05) is 6.92 Å². The van der Waals surface area contributed by atoms with Crippen LogP contribution in [0.1, 0.15) is 23.7 Å². The van der Waals surface area contributed by atoms with E-state index in [1.54, 1.807) is 6.92 Å². The van der Waals surface area contributed by atoms with Gasteiger partial charge in [-0.15, -0.1) is 0 Å². The van der Waals surface area contributed by atoms with E-state index in [1.807, 2.05) is 0 Å². The van der Waals surface area contributed by atoms with Gasteiger partial charge in [-0.25, -0.2) is 13.2 Å². The summed E-state index contributed by atoms with van der Waals surface area (Å²) in [6.45, 7) is 2.14. The van der Waals surface area contributed by atoms with E-state index in [0.717, 1.165) is 6.07 Å². The molecule has 0 bridgehead atoms. The molecule has 1 aromatic rings. The lowest BCUT2D eigenvalue weighted by Crippen LogP contribution is -2.57. The Hall–Kier alpha value is -2.05. The van der Waals surface area contributed by atoms with Crippen LogP contribution in [0.2, 0.25) is 0 Å². The van der Waals surface area contributed by atoms with E-state index in [2.05, 4.69) is 5.32 Å². The van der Waals surface area contributed by atoms with Gasteiger partial charge in [0.2, 0.25) is 5.91 Å². The van der Waals surface area contributed by atoms with Crippen molar-refractivity contribution in [2.24, 2.45) is 0 Å². The lowest BCUT2D eigenvalue weighted by Gasteiger charge is -2.34. The molecule has 1 fully saturated rings. The number of carbonyl (C=O) groups is 2. The molecule has 2 rings (SSSR count).